The number of nitrogens with zero attached hydrogens (tertiary/aromatic N) is 4. The molecule has 4 heterocycles. The van der Waals surface area contributed by atoms with Crippen molar-refractivity contribution >= 4 is 33.0 Å². The second-order valence-electron chi connectivity index (χ2n) is 7.26. The number of aryl methyl sites for hydroxylation is 1. The quantitative estimate of drug-likeness (QED) is 0.707. The SMILES string of the molecule is CCCc1nn(CC(=O)N2CCCC(C)C2)c(=O)c2cc3ccsc3n12. The topological polar surface area (TPSA) is 59.6 Å². The van der Waals surface area contributed by atoms with Gasteiger partial charge in [-0.1, -0.05) is 13.8 Å². The van der Waals surface area contributed by atoms with E-state index in [0.717, 1.165) is 54.8 Å². The lowest BCUT2D eigenvalue weighted by atomic mass is 10.0. The van der Waals surface area contributed by atoms with Crippen molar-refractivity contribution in [1.82, 2.24) is 19.1 Å². The Bertz CT molecular complexity index is 1020. The van der Waals surface area contributed by atoms with Crippen LogP contribution < -0.4 is 5.56 Å². The zero-order valence-corrected chi connectivity index (χ0v) is 16.1. The summed E-state index contributed by atoms with van der Waals surface area (Å²) in [7, 11) is 0. The molecule has 0 aliphatic carbocycles. The lowest BCUT2D eigenvalue weighted by molar-refractivity contribution is -0.133. The molecule has 26 heavy (non-hydrogen) atoms. The van der Waals surface area contributed by atoms with Crippen molar-refractivity contribution in [3.8, 4) is 0 Å². The largest absolute Gasteiger partial charge is 0.341 e. The summed E-state index contributed by atoms with van der Waals surface area (Å²) in [6, 6.07) is 3.94. The van der Waals surface area contributed by atoms with Gasteiger partial charge in [0.05, 0.1) is 0 Å². The van der Waals surface area contributed by atoms with Gasteiger partial charge in [-0.15, -0.1) is 11.3 Å². The van der Waals surface area contributed by atoms with Crippen LogP contribution in [-0.4, -0.2) is 38.1 Å². The number of likely N-dealkylation sites (tertiary alicyclic amines) is 1. The summed E-state index contributed by atoms with van der Waals surface area (Å²) < 4.78 is 3.33. The van der Waals surface area contributed by atoms with E-state index >= 15 is 0 Å². The van der Waals surface area contributed by atoms with E-state index in [4.69, 9.17) is 0 Å². The second-order valence-corrected chi connectivity index (χ2v) is 8.16. The van der Waals surface area contributed by atoms with Crippen molar-refractivity contribution in [3.05, 3.63) is 33.7 Å². The molecule has 4 rings (SSSR count). The lowest BCUT2D eigenvalue weighted by Gasteiger charge is -2.31. The fourth-order valence-corrected chi connectivity index (χ4v) is 4.75. The first-order valence-electron chi connectivity index (χ1n) is 9.35. The summed E-state index contributed by atoms with van der Waals surface area (Å²) in [4.78, 5) is 28.6. The Hall–Kier alpha value is -2.15. The van der Waals surface area contributed by atoms with Crippen molar-refractivity contribution in [2.75, 3.05) is 13.1 Å². The molecule has 7 heteroatoms. The van der Waals surface area contributed by atoms with Crippen LogP contribution in [0.1, 0.15) is 38.9 Å². The fourth-order valence-electron chi connectivity index (χ4n) is 3.84. The highest BCUT2D eigenvalue weighted by Gasteiger charge is 2.23. The Balaban J connectivity index is 1.74. The maximum absolute atomic E-state index is 12.9. The molecule has 1 aliphatic heterocycles. The van der Waals surface area contributed by atoms with Gasteiger partial charge in [0.2, 0.25) is 5.91 Å². The third-order valence-corrected chi connectivity index (χ3v) is 6.04. The van der Waals surface area contributed by atoms with Crippen molar-refractivity contribution in [1.29, 1.82) is 0 Å². The van der Waals surface area contributed by atoms with Gasteiger partial charge in [-0.2, -0.15) is 5.10 Å². The van der Waals surface area contributed by atoms with Gasteiger partial charge in [0, 0.05) is 24.9 Å². The van der Waals surface area contributed by atoms with Crippen molar-refractivity contribution in [2.45, 2.75) is 46.1 Å². The van der Waals surface area contributed by atoms with E-state index in [1.807, 2.05) is 26.8 Å². The summed E-state index contributed by atoms with van der Waals surface area (Å²) in [6.45, 7) is 5.85. The molecule has 138 valence electrons. The molecule has 1 aliphatic rings. The summed E-state index contributed by atoms with van der Waals surface area (Å²) >= 11 is 1.61. The van der Waals surface area contributed by atoms with Gasteiger partial charge in [-0.3, -0.25) is 14.0 Å². The number of fused-ring (bicyclic) bond motifs is 3. The van der Waals surface area contributed by atoms with Crippen LogP contribution in [0.3, 0.4) is 0 Å². The smallest absolute Gasteiger partial charge is 0.291 e. The Labute approximate surface area is 156 Å². The summed E-state index contributed by atoms with van der Waals surface area (Å²) in [5, 5.41) is 7.66. The van der Waals surface area contributed by atoms with E-state index in [1.54, 1.807) is 11.3 Å². The Morgan fingerprint density at radius 2 is 2.27 bits per heavy atom. The summed E-state index contributed by atoms with van der Waals surface area (Å²) in [6.07, 6.45) is 3.90. The highest BCUT2D eigenvalue weighted by atomic mass is 32.1. The number of carbonyl (C=O) groups excluding carboxylic acids is 1. The van der Waals surface area contributed by atoms with Gasteiger partial charge in [-0.05, 0) is 42.7 Å². The molecule has 1 atom stereocenters. The van der Waals surface area contributed by atoms with Gasteiger partial charge in [0.25, 0.3) is 5.56 Å². The molecule has 0 radical (unpaired) electrons. The van der Waals surface area contributed by atoms with Crippen LogP contribution in [-0.2, 0) is 17.8 Å². The van der Waals surface area contributed by atoms with Crippen LogP contribution in [0, 0.1) is 5.92 Å². The van der Waals surface area contributed by atoms with Crippen LogP contribution >= 0.6 is 11.3 Å². The Morgan fingerprint density at radius 1 is 1.42 bits per heavy atom. The molecule has 0 aromatic carbocycles. The van der Waals surface area contributed by atoms with E-state index in [9.17, 15) is 9.59 Å². The molecule has 3 aromatic heterocycles. The molecule has 6 nitrogen and oxygen atoms in total. The first-order chi connectivity index (χ1) is 12.6. The molecular weight excluding hydrogens is 348 g/mol. The van der Waals surface area contributed by atoms with E-state index in [1.165, 1.54) is 4.68 Å². The summed E-state index contributed by atoms with van der Waals surface area (Å²) in [5.41, 5.74) is 0.428. The number of amides is 1. The molecule has 1 fully saturated rings. The van der Waals surface area contributed by atoms with E-state index in [0.29, 0.717) is 11.4 Å². The number of hydrogen-bond acceptors (Lipinski definition) is 4. The first-order valence-corrected chi connectivity index (χ1v) is 10.2. The number of aromatic nitrogens is 3. The number of carbonyl (C=O) groups is 1. The molecule has 0 N–H and O–H groups in total. The van der Waals surface area contributed by atoms with E-state index in [2.05, 4.69) is 18.9 Å². The van der Waals surface area contributed by atoms with Crippen molar-refractivity contribution < 1.29 is 4.79 Å². The highest BCUT2D eigenvalue weighted by Crippen LogP contribution is 2.25. The highest BCUT2D eigenvalue weighted by molar-refractivity contribution is 7.16. The number of thiophene rings is 1. The zero-order valence-electron chi connectivity index (χ0n) is 15.3. The van der Waals surface area contributed by atoms with Crippen LogP contribution in [0.2, 0.25) is 0 Å². The molecule has 3 aromatic rings. The van der Waals surface area contributed by atoms with Crippen LogP contribution in [0.25, 0.3) is 15.7 Å². The fraction of sp³-hybridized carbons (Fsp3) is 0.526. The van der Waals surface area contributed by atoms with Gasteiger partial charge in [0.1, 0.15) is 22.7 Å². The van der Waals surface area contributed by atoms with E-state index < -0.39 is 0 Å². The molecule has 0 bridgehead atoms. The maximum Gasteiger partial charge on any atom is 0.291 e. The third-order valence-electron chi connectivity index (χ3n) is 5.13. The second kappa shape index (κ2) is 6.87. The molecule has 0 spiro atoms. The van der Waals surface area contributed by atoms with Gasteiger partial charge >= 0.3 is 0 Å². The average Bonchev–Trinajstić information content (AvgIpc) is 3.20. The average molecular weight is 372 g/mol. The summed E-state index contributed by atoms with van der Waals surface area (Å²) in [5.74, 6) is 1.36. The van der Waals surface area contributed by atoms with Crippen LogP contribution in [0.4, 0.5) is 0 Å². The van der Waals surface area contributed by atoms with E-state index in [-0.39, 0.29) is 18.0 Å². The Morgan fingerprint density at radius 3 is 3.04 bits per heavy atom. The number of piperidine rings is 1. The lowest BCUT2D eigenvalue weighted by Crippen LogP contribution is -2.43. The molecule has 1 unspecified atom stereocenters. The Kier molecular flexibility index (Phi) is 4.56. The predicted molar refractivity (Wildman–Crippen MR) is 104 cm³/mol. The minimum Gasteiger partial charge on any atom is -0.341 e. The first kappa shape index (κ1) is 17.3. The monoisotopic (exact) mass is 372 g/mol. The third kappa shape index (κ3) is 2.94. The zero-order chi connectivity index (χ0) is 18.3. The molecule has 0 saturated carbocycles. The van der Waals surface area contributed by atoms with Gasteiger partial charge in [0.15, 0.2) is 0 Å². The maximum atomic E-state index is 12.9. The molecule has 1 saturated heterocycles. The standard InChI is InChI=1S/C19H24N4O2S/c1-3-5-16-20-22(12-17(24)21-8-4-6-13(2)11-21)18(25)15-10-14-7-9-26-19(14)23(15)16/h7,9-10,13H,3-6,8,11-12H2,1-2H3. The predicted octanol–water partition coefficient (Wildman–Crippen LogP) is 2.92. The van der Waals surface area contributed by atoms with Gasteiger partial charge < -0.3 is 4.90 Å². The minimum atomic E-state index is -0.188. The number of rotatable bonds is 4. The number of hydrogen-bond donors (Lipinski definition) is 0. The molecular formula is C19H24N4O2S. The molecule has 1 amide bonds. The van der Waals surface area contributed by atoms with Crippen molar-refractivity contribution in [2.24, 2.45) is 5.92 Å². The van der Waals surface area contributed by atoms with Crippen molar-refractivity contribution in [3.63, 3.8) is 0 Å². The minimum absolute atomic E-state index is 0.00804. The van der Waals surface area contributed by atoms with Gasteiger partial charge in [-0.25, -0.2) is 4.68 Å². The normalized spacial score (nSPS) is 18.1. The van der Waals surface area contributed by atoms with Crippen LogP contribution in [0.15, 0.2) is 22.3 Å². The van der Waals surface area contributed by atoms with Crippen LogP contribution in [0.5, 0.6) is 0 Å².